The van der Waals surface area contributed by atoms with Crippen LogP contribution < -0.4 is 0 Å². The topological polar surface area (TPSA) is 59.7 Å². The Hall–Kier alpha value is -1.45. The predicted octanol–water partition coefficient (Wildman–Crippen LogP) is 1.94. The summed E-state index contributed by atoms with van der Waals surface area (Å²) in [6.45, 7) is 5.26. The minimum Gasteiger partial charge on any atom is -0.480 e. The van der Waals surface area contributed by atoms with Crippen molar-refractivity contribution in [2.75, 3.05) is 0 Å². The van der Waals surface area contributed by atoms with Crippen molar-refractivity contribution in [2.24, 2.45) is 0 Å². The molecule has 0 atom stereocenters. The van der Waals surface area contributed by atoms with E-state index in [1.165, 1.54) is 12.3 Å². The Morgan fingerprint density at radius 3 is 2.54 bits per heavy atom. The number of esters is 1. The van der Waals surface area contributed by atoms with Gasteiger partial charge in [0, 0.05) is 0 Å². The molecule has 1 aromatic rings. The van der Waals surface area contributed by atoms with Crippen LogP contribution in [0.25, 0.3) is 0 Å². The van der Waals surface area contributed by atoms with Crippen molar-refractivity contribution in [1.29, 1.82) is 0 Å². The molecule has 0 aliphatic carbocycles. The number of hydrogen-bond acceptors (Lipinski definition) is 4. The molecule has 4 nitrogen and oxygen atoms in total. The minimum atomic E-state index is -0.584. The molecule has 0 radical (unpaired) electrons. The predicted molar refractivity (Wildman–Crippen MR) is 45.5 cm³/mol. The molecule has 1 rings (SSSR count). The van der Waals surface area contributed by atoms with Gasteiger partial charge in [0.2, 0.25) is 0 Å². The maximum atomic E-state index is 11.3. The first-order valence-corrected chi connectivity index (χ1v) is 3.90. The van der Waals surface area contributed by atoms with Gasteiger partial charge >= 0.3 is 5.97 Å². The highest BCUT2D eigenvalue weighted by atomic mass is 16.6. The molecule has 0 aliphatic heterocycles. The third kappa shape index (κ3) is 2.50. The normalized spacial score (nSPS) is 11.3. The van der Waals surface area contributed by atoms with Gasteiger partial charge in [0.15, 0.2) is 0 Å². The lowest BCUT2D eigenvalue weighted by Gasteiger charge is -2.18. The quantitative estimate of drug-likeness (QED) is 0.677. The first-order valence-electron chi connectivity index (χ1n) is 3.90. The van der Waals surface area contributed by atoms with Crippen molar-refractivity contribution in [1.82, 2.24) is 0 Å². The smallest absolute Gasteiger partial charge is 0.346 e. The molecule has 1 heterocycles. The van der Waals surface area contributed by atoms with Gasteiger partial charge in [-0.3, -0.25) is 0 Å². The van der Waals surface area contributed by atoms with Crippen molar-refractivity contribution < 1.29 is 19.1 Å². The molecule has 1 aromatic heterocycles. The fourth-order valence-electron chi connectivity index (χ4n) is 0.790. The molecule has 72 valence electrons. The summed E-state index contributed by atoms with van der Waals surface area (Å²) in [5.41, 5.74) is -0.518. The molecule has 1 N–H and O–H groups in total. The second kappa shape index (κ2) is 3.12. The average Bonchev–Trinajstić information content (AvgIpc) is 2.30. The molecule has 0 spiro atoms. The molecule has 0 saturated carbocycles. The molecule has 0 unspecified atom stereocenters. The summed E-state index contributed by atoms with van der Waals surface area (Å²) in [7, 11) is 0. The second-order valence-corrected chi connectivity index (χ2v) is 3.64. The lowest BCUT2D eigenvalue weighted by molar-refractivity contribution is 0.00650. The fraction of sp³-hybridized carbons (Fsp3) is 0.444. The van der Waals surface area contributed by atoms with Gasteiger partial charge in [0.1, 0.15) is 11.2 Å². The SMILES string of the molecule is CC(C)(C)OC(=O)c1ccoc1O. The second-order valence-electron chi connectivity index (χ2n) is 3.64. The van der Waals surface area contributed by atoms with Crippen molar-refractivity contribution in [3.63, 3.8) is 0 Å². The highest BCUT2D eigenvalue weighted by Crippen LogP contribution is 2.20. The lowest BCUT2D eigenvalue weighted by Crippen LogP contribution is -2.23. The van der Waals surface area contributed by atoms with Crippen molar-refractivity contribution >= 4 is 5.97 Å². The van der Waals surface area contributed by atoms with Gasteiger partial charge in [-0.2, -0.15) is 0 Å². The number of rotatable bonds is 1. The molecule has 0 aliphatic rings. The summed E-state index contributed by atoms with van der Waals surface area (Å²) in [6, 6.07) is 1.36. The molecule has 0 bridgehead atoms. The highest BCUT2D eigenvalue weighted by molar-refractivity contribution is 5.91. The van der Waals surface area contributed by atoms with E-state index in [1.807, 2.05) is 0 Å². The molecule has 0 fully saturated rings. The monoisotopic (exact) mass is 184 g/mol. The number of furan rings is 1. The van der Waals surface area contributed by atoms with Gasteiger partial charge in [0.05, 0.1) is 6.26 Å². The van der Waals surface area contributed by atoms with Crippen molar-refractivity contribution in [2.45, 2.75) is 26.4 Å². The van der Waals surface area contributed by atoms with Crippen LogP contribution in [0.3, 0.4) is 0 Å². The fourth-order valence-corrected chi connectivity index (χ4v) is 0.790. The van der Waals surface area contributed by atoms with E-state index in [0.717, 1.165) is 0 Å². The minimum absolute atomic E-state index is 0.0509. The molecular formula is C9H12O4. The van der Waals surface area contributed by atoms with Crippen LogP contribution in [0.2, 0.25) is 0 Å². The summed E-state index contributed by atoms with van der Waals surface area (Å²) in [5.74, 6) is -0.993. The van der Waals surface area contributed by atoms with Crippen LogP contribution in [0, 0.1) is 0 Å². The Morgan fingerprint density at radius 2 is 2.15 bits per heavy atom. The van der Waals surface area contributed by atoms with E-state index >= 15 is 0 Å². The summed E-state index contributed by atoms with van der Waals surface area (Å²) >= 11 is 0. The van der Waals surface area contributed by atoms with Gasteiger partial charge in [-0.25, -0.2) is 4.79 Å². The van der Waals surface area contributed by atoms with Crippen LogP contribution in [-0.2, 0) is 4.74 Å². The molecule has 0 aromatic carbocycles. The maximum absolute atomic E-state index is 11.3. The third-order valence-electron chi connectivity index (χ3n) is 1.26. The van der Waals surface area contributed by atoms with Crippen LogP contribution in [-0.4, -0.2) is 16.7 Å². The van der Waals surface area contributed by atoms with Gasteiger partial charge < -0.3 is 14.3 Å². The van der Waals surface area contributed by atoms with Crippen LogP contribution in [0.5, 0.6) is 5.95 Å². The number of carbonyl (C=O) groups is 1. The first kappa shape index (κ1) is 9.64. The molecule has 0 saturated heterocycles. The van der Waals surface area contributed by atoms with Gasteiger partial charge in [-0.1, -0.05) is 0 Å². The third-order valence-corrected chi connectivity index (χ3v) is 1.26. The van der Waals surface area contributed by atoms with Gasteiger partial charge in [-0.15, -0.1) is 0 Å². The molecule has 0 amide bonds. The zero-order chi connectivity index (χ0) is 10.1. The van der Waals surface area contributed by atoms with Crippen LogP contribution >= 0.6 is 0 Å². The van der Waals surface area contributed by atoms with E-state index in [2.05, 4.69) is 4.42 Å². The molecule has 13 heavy (non-hydrogen) atoms. The highest BCUT2D eigenvalue weighted by Gasteiger charge is 2.21. The van der Waals surface area contributed by atoms with Gasteiger partial charge in [-0.05, 0) is 26.8 Å². The Balaban J connectivity index is 2.76. The summed E-state index contributed by atoms with van der Waals surface area (Å²) in [4.78, 5) is 11.3. The lowest BCUT2D eigenvalue weighted by atomic mass is 10.2. The zero-order valence-electron chi connectivity index (χ0n) is 7.83. The van der Waals surface area contributed by atoms with Crippen LogP contribution in [0.15, 0.2) is 16.7 Å². The molecular weight excluding hydrogens is 172 g/mol. The van der Waals surface area contributed by atoms with E-state index in [4.69, 9.17) is 9.84 Å². The number of hydrogen-bond donors (Lipinski definition) is 1. The van der Waals surface area contributed by atoms with E-state index in [9.17, 15) is 4.79 Å². The number of carbonyl (C=O) groups excluding carboxylic acids is 1. The van der Waals surface area contributed by atoms with Gasteiger partial charge in [0.25, 0.3) is 5.95 Å². The Kier molecular flexibility index (Phi) is 2.32. The summed E-state index contributed by atoms with van der Waals surface area (Å²) in [5, 5.41) is 9.05. The number of aromatic hydroxyl groups is 1. The zero-order valence-corrected chi connectivity index (χ0v) is 7.83. The summed E-state index contributed by atoms with van der Waals surface area (Å²) < 4.78 is 9.56. The maximum Gasteiger partial charge on any atom is 0.346 e. The Morgan fingerprint density at radius 1 is 1.54 bits per heavy atom. The molecule has 4 heteroatoms. The van der Waals surface area contributed by atoms with Crippen LogP contribution in [0.4, 0.5) is 0 Å². The van der Waals surface area contributed by atoms with E-state index in [1.54, 1.807) is 20.8 Å². The Bertz CT molecular complexity index is 306. The average molecular weight is 184 g/mol. The standard InChI is InChI=1S/C9H12O4/c1-9(2,3)13-8(11)6-4-5-12-7(6)10/h4-5,10H,1-3H3. The summed E-state index contributed by atoms with van der Waals surface area (Å²) in [6.07, 6.45) is 1.23. The van der Waals surface area contributed by atoms with E-state index in [-0.39, 0.29) is 5.56 Å². The largest absolute Gasteiger partial charge is 0.480 e. The first-order chi connectivity index (χ1) is 5.90. The van der Waals surface area contributed by atoms with Crippen molar-refractivity contribution in [3.05, 3.63) is 17.9 Å². The van der Waals surface area contributed by atoms with E-state index in [0.29, 0.717) is 0 Å². The number of ether oxygens (including phenoxy) is 1. The van der Waals surface area contributed by atoms with E-state index < -0.39 is 17.5 Å². The Labute approximate surface area is 76.1 Å². The van der Waals surface area contributed by atoms with Crippen molar-refractivity contribution in [3.8, 4) is 5.95 Å². The van der Waals surface area contributed by atoms with Crippen LogP contribution in [0.1, 0.15) is 31.1 Å².